The molecule has 0 aromatic heterocycles. The maximum atomic E-state index is 10.9. The molecule has 0 spiro atoms. The molecular weight excluding hydrogens is 220 g/mol. The minimum Gasteiger partial charge on any atom is -0.451 e. The lowest BCUT2D eigenvalue weighted by molar-refractivity contribution is -0.289. The Hall–Kier alpha value is -0.990. The first-order chi connectivity index (χ1) is 7.51. The molecular formula is C9H14O7. The van der Waals surface area contributed by atoms with Gasteiger partial charge in [0.2, 0.25) is 0 Å². The van der Waals surface area contributed by atoms with Crippen LogP contribution in [0.1, 0.15) is 0 Å². The molecule has 1 saturated heterocycles. The van der Waals surface area contributed by atoms with Gasteiger partial charge in [-0.15, -0.1) is 0 Å². The van der Waals surface area contributed by atoms with E-state index in [1.165, 1.54) is 0 Å². The van der Waals surface area contributed by atoms with Gasteiger partial charge >= 0.3 is 5.97 Å². The van der Waals surface area contributed by atoms with Crippen LogP contribution in [0, 0.1) is 0 Å². The summed E-state index contributed by atoms with van der Waals surface area (Å²) in [7, 11) is 0. The number of carbonyl (C=O) groups is 1. The third-order valence-corrected chi connectivity index (χ3v) is 2.26. The predicted octanol–water partition coefficient (Wildman–Crippen LogP) is -2.48. The molecule has 1 unspecified atom stereocenters. The standard InChI is InChI=1S/C9H14O7/c1-2-5(11)16-8-7(13)6(12)4(3-10)15-9(8)14/h2,4,6-10,12-14H,1,3H2/t4-,6-,7+,8-,9?/m1/s1. The molecule has 4 N–H and O–H groups in total. The van der Waals surface area contributed by atoms with Crippen LogP contribution in [-0.2, 0) is 14.3 Å². The van der Waals surface area contributed by atoms with E-state index in [1.807, 2.05) is 0 Å². The van der Waals surface area contributed by atoms with Crippen molar-refractivity contribution in [2.24, 2.45) is 0 Å². The van der Waals surface area contributed by atoms with Gasteiger partial charge < -0.3 is 29.9 Å². The smallest absolute Gasteiger partial charge is 0.330 e. The van der Waals surface area contributed by atoms with E-state index in [4.69, 9.17) is 9.84 Å². The first kappa shape index (κ1) is 13.1. The van der Waals surface area contributed by atoms with E-state index >= 15 is 0 Å². The summed E-state index contributed by atoms with van der Waals surface area (Å²) in [6.45, 7) is 2.57. The van der Waals surface area contributed by atoms with Crippen molar-refractivity contribution < 1.29 is 34.7 Å². The molecule has 1 heterocycles. The Morgan fingerprint density at radius 2 is 2.00 bits per heavy atom. The molecule has 7 nitrogen and oxygen atoms in total. The fourth-order valence-electron chi connectivity index (χ4n) is 1.38. The fourth-order valence-corrected chi connectivity index (χ4v) is 1.38. The quantitative estimate of drug-likeness (QED) is 0.315. The Bertz CT molecular complexity index is 267. The molecule has 0 bridgehead atoms. The van der Waals surface area contributed by atoms with Gasteiger partial charge in [-0.2, -0.15) is 0 Å². The average molecular weight is 234 g/mol. The van der Waals surface area contributed by atoms with Gasteiger partial charge in [0, 0.05) is 6.08 Å². The molecule has 0 saturated carbocycles. The van der Waals surface area contributed by atoms with E-state index in [-0.39, 0.29) is 0 Å². The lowest BCUT2D eigenvalue weighted by atomic mass is 9.99. The Morgan fingerprint density at radius 1 is 1.38 bits per heavy atom. The number of esters is 1. The Morgan fingerprint density at radius 3 is 2.50 bits per heavy atom. The van der Waals surface area contributed by atoms with Crippen LogP contribution in [0.25, 0.3) is 0 Å². The van der Waals surface area contributed by atoms with Gasteiger partial charge in [0.05, 0.1) is 6.61 Å². The van der Waals surface area contributed by atoms with E-state index in [0.29, 0.717) is 0 Å². The van der Waals surface area contributed by atoms with E-state index in [1.54, 1.807) is 0 Å². The number of carbonyl (C=O) groups excluding carboxylic acids is 1. The van der Waals surface area contributed by atoms with E-state index in [0.717, 1.165) is 6.08 Å². The zero-order valence-electron chi connectivity index (χ0n) is 8.39. The van der Waals surface area contributed by atoms with Crippen molar-refractivity contribution in [1.82, 2.24) is 0 Å². The van der Waals surface area contributed by atoms with Crippen LogP contribution in [0.4, 0.5) is 0 Å². The summed E-state index contributed by atoms with van der Waals surface area (Å²) in [6.07, 6.45) is -6.28. The van der Waals surface area contributed by atoms with Gasteiger partial charge in [-0.3, -0.25) is 0 Å². The lowest BCUT2D eigenvalue weighted by Gasteiger charge is -2.39. The minimum atomic E-state index is -1.61. The topological polar surface area (TPSA) is 116 Å². The van der Waals surface area contributed by atoms with Crippen LogP contribution < -0.4 is 0 Å². The van der Waals surface area contributed by atoms with Crippen molar-refractivity contribution >= 4 is 5.97 Å². The largest absolute Gasteiger partial charge is 0.451 e. The number of aliphatic hydroxyl groups is 4. The van der Waals surface area contributed by atoms with Gasteiger partial charge in [-0.1, -0.05) is 6.58 Å². The third kappa shape index (κ3) is 2.57. The lowest BCUT2D eigenvalue weighted by Crippen LogP contribution is -2.59. The molecule has 1 aliphatic rings. The van der Waals surface area contributed by atoms with Gasteiger partial charge in [0.15, 0.2) is 12.4 Å². The summed E-state index contributed by atoms with van der Waals surface area (Å²) in [5.41, 5.74) is 0. The molecule has 0 aliphatic carbocycles. The first-order valence-electron chi connectivity index (χ1n) is 4.64. The van der Waals surface area contributed by atoms with Crippen LogP contribution in [-0.4, -0.2) is 63.7 Å². The van der Waals surface area contributed by atoms with E-state index in [9.17, 15) is 20.1 Å². The molecule has 92 valence electrons. The van der Waals surface area contributed by atoms with Gasteiger partial charge in [-0.05, 0) is 0 Å². The van der Waals surface area contributed by atoms with Crippen LogP contribution >= 0.6 is 0 Å². The summed E-state index contributed by atoms with van der Waals surface area (Å²) in [5, 5.41) is 37.2. The normalized spacial score (nSPS) is 39.1. The fraction of sp³-hybridized carbons (Fsp3) is 0.667. The summed E-state index contributed by atoms with van der Waals surface area (Å²) in [4.78, 5) is 10.9. The first-order valence-corrected chi connectivity index (χ1v) is 4.64. The van der Waals surface area contributed by atoms with Crippen molar-refractivity contribution in [3.63, 3.8) is 0 Å². The second kappa shape index (κ2) is 5.37. The Kier molecular flexibility index (Phi) is 4.39. The number of aliphatic hydroxyl groups excluding tert-OH is 4. The second-order valence-electron chi connectivity index (χ2n) is 3.33. The summed E-state index contributed by atoms with van der Waals surface area (Å²) in [5.74, 6) is -0.860. The van der Waals surface area contributed by atoms with E-state index < -0.39 is 43.3 Å². The highest BCUT2D eigenvalue weighted by atomic mass is 16.7. The van der Waals surface area contributed by atoms with Crippen molar-refractivity contribution in [2.45, 2.75) is 30.7 Å². The number of hydrogen-bond donors (Lipinski definition) is 4. The van der Waals surface area contributed by atoms with Crippen molar-refractivity contribution in [3.8, 4) is 0 Å². The maximum Gasteiger partial charge on any atom is 0.330 e. The van der Waals surface area contributed by atoms with Crippen molar-refractivity contribution in [2.75, 3.05) is 6.61 Å². The van der Waals surface area contributed by atoms with Gasteiger partial charge in [0.25, 0.3) is 0 Å². The monoisotopic (exact) mass is 234 g/mol. The molecule has 1 rings (SSSR count). The third-order valence-electron chi connectivity index (χ3n) is 2.26. The van der Waals surface area contributed by atoms with Crippen molar-refractivity contribution in [3.05, 3.63) is 12.7 Å². The molecule has 0 radical (unpaired) electrons. The SMILES string of the molecule is C=CC(=O)O[C@H]1C(O)O[C@H](CO)[C@@H](O)[C@@H]1O. The van der Waals surface area contributed by atoms with Gasteiger partial charge in [0.1, 0.15) is 18.3 Å². The Balaban J connectivity index is 2.71. The summed E-state index contributed by atoms with van der Waals surface area (Å²) < 4.78 is 9.36. The number of ether oxygens (including phenoxy) is 2. The van der Waals surface area contributed by atoms with Crippen LogP contribution in [0.2, 0.25) is 0 Å². The van der Waals surface area contributed by atoms with Crippen LogP contribution in [0.3, 0.4) is 0 Å². The maximum absolute atomic E-state index is 10.9. The average Bonchev–Trinajstić information content (AvgIpc) is 2.28. The summed E-state index contributed by atoms with van der Waals surface area (Å²) in [6, 6.07) is 0. The van der Waals surface area contributed by atoms with Crippen LogP contribution in [0.15, 0.2) is 12.7 Å². The molecule has 0 aromatic rings. The van der Waals surface area contributed by atoms with Crippen LogP contribution in [0.5, 0.6) is 0 Å². The number of rotatable bonds is 3. The molecule has 0 aromatic carbocycles. The zero-order chi connectivity index (χ0) is 12.3. The minimum absolute atomic E-state index is 0.572. The van der Waals surface area contributed by atoms with Gasteiger partial charge in [-0.25, -0.2) is 4.79 Å². The highest BCUT2D eigenvalue weighted by Crippen LogP contribution is 2.22. The predicted molar refractivity (Wildman–Crippen MR) is 50.1 cm³/mol. The Labute approximate surface area is 91.5 Å². The molecule has 16 heavy (non-hydrogen) atoms. The van der Waals surface area contributed by atoms with E-state index in [2.05, 4.69) is 11.3 Å². The molecule has 0 amide bonds. The summed E-state index contributed by atoms with van der Waals surface area (Å²) >= 11 is 0. The second-order valence-corrected chi connectivity index (χ2v) is 3.33. The zero-order valence-corrected chi connectivity index (χ0v) is 8.39. The number of hydrogen-bond acceptors (Lipinski definition) is 7. The molecule has 1 aliphatic heterocycles. The van der Waals surface area contributed by atoms with Crippen molar-refractivity contribution in [1.29, 1.82) is 0 Å². The molecule has 1 fully saturated rings. The molecule has 5 atom stereocenters. The molecule has 7 heteroatoms. The highest BCUT2D eigenvalue weighted by Gasteiger charge is 2.45. The highest BCUT2D eigenvalue weighted by molar-refractivity contribution is 5.81.